The van der Waals surface area contributed by atoms with Crippen LogP contribution in [0, 0.1) is 0 Å². The zero-order valence-corrected chi connectivity index (χ0v) is 10.6. The van der Waals surface area contributed by atoms with E-state index in [1.165, 1.54) is 0 Å². The molecule has 3 unspecified atom stereocenters. The molecule has 1 rings (SSSR count). The highest BCUT2D eigenvalue weighted by Crippen LogP contribution is 2.22. The Balaban J connectivity index is 2.22. The minimum atomic E-state index is -0.525. The first kappa shape index (κ1) is 13.9. The summed E-state index contributed by atoms with van der Waals surface area (Å²) in [5, 5.41) is 9.01. The van der Waals surface area contributed by atoms with Crippen molar-refractivity contribution in [2.24, 2.45) is 5.73 Å². The molecule has 16 heavy (non-hydrogen) atoms. The molecule has 4 nitrogen and oxygen atoms in total. The number of aliphatic hydroxyl groups is 1. The zero-order chi connectivity index (χ0) is 12.2. The van der Waals surface area contributed by atoms with Crippen LogP contribution in [0.25, 0.3) is 0 Å². The van der Waals surface area contributed by atoms with Gasteiger partial charge >= 0.3 is 0 Å². The number of ether oxygens (including phenoxy) is 2. The number of aliphatic hydroxyl groups excluding tert-OH is 1. The molecule has 3 N–H and O–H groups in total. The van der Waals surface area contributed by atoms with Crippen LogP contribution in [0.5, 0.6) is 0 Å². The molecule has 0 spiro atoms. The lowest BCUT2D eigenvalue weighted by atomic mass is 10.0. The van der Waals surface area contributed by atoms with Crippen molar-refractivity contribution in [3.8, 4) is 0 Å². The van der Waals surface area contributed by atoms with Gasteiger partial charge in [-0.25, -0.2) is 0 Å². The van der Waals surface area contributed by atoms with E-state index in [-0.39, 0.29) is 24.9 Å². The van der Waals surface area contributed by atoms with E-state index >= 15 is 0 Å². The summed E-state index contributed by atoms with van der Waals surface area (Å²) in [6.07, 6.45) is 3.40. The minimum absolute atomic E-state index is 0.00303. The first-order valence-corrected chi connectivity index (χ1v) is 6.10. The van der Waals surface area contributed by atoms with Gasteiger partial charge in [0.15, 0.2) is 0 Å². The molecule has 1 aliphatic rings. The van der Waals surface area contributed by atoms with Crippen molar-refractivity contribution in [3.63, 3.8) is 0 Å². The molecule has 1 aliphatic heterocycles. The van der Waals surface area contributed by atoms with Crippen LogP contribution in [0.2, 0.25) is 0 Å². The van der Waals surface area contributed by atoms with Gasteiger partial charge in [0.1, 0.15) is 0 Å². The molecule has 0 aliphatic carbocycles. The van der Waals surface area contributed by atoms with Crippen LogP contribution in [0.15, 0.2) is 0 Å². The van der Waals surface area contributed by atoms with Gasteiger partial charge in [-0.15, -0.1) is 0 Å². The summed E-state index contributed by atoms with van der Waals surface area (Å²) < 4.78 is 11.4. The molecular weight excluding hydrogens is 206 g/mol. The van der Waals surface area contributed by atoms with Gasteiger partial charge in [-0.1, -0.05) is 0 Å². The predicted octanol–water partition coefficient (Wildman–Crippen LogP) is 1.06. The summed E-state index contributed by atoms with van der Waals surface area (Å²) in [5.74, 6) is 0. The van der Waals surface area contributed by atoms with Gasteiger partial charge in [0.05, 0.1) is 24.9 Å². The van der Waals surface area contributed by atoms with Crippen molar-refractivity contribution in [2.45, 2.75) is 63.9 Å². The molecule has 1 heterocycles. The highest BCUT2D eigenvalue weighted by atomic mass is 16.5. The zero-order valence-electron chi connectivity index (χ0n) is 10.6. The van der Waals surface area contributed by atoms with Crippen molar-refractivity contribution in [1.82, 2.24) is 0 Å². The van der Waals surface area contributed by atoms with Crippen LogP contribution >= 0.6 is 0 Å². The van der Waals surface area contributed by atoms with Crippen LogP contribution in [0.3, 0.4) is 0 Å². The van der Waals surface area contributed by atoms with Crippen LogP contribution in [0.1, 0.15) is 40.0 Å². The van der Waals surface area contributed by atoms with Crippen molar-refractivity contribution >= 4 is 0 Å². The lowest BCUT2D eigenvalue weighted by Crippen LogP contribution is -2.42. The maximum absolute atomic E-state index is 9.01. The number of nitrogens with two attached hydrogens (primary N) is 1. The summed E-state index contributed by atoms with van der Waals surface area (Å²) in [6, 6.07) is 0. The van der Waals surface area contributed by atoms with Gasteiger partial charge in [0.2, 0.25) is 0 Å². The second-order valence-corrected chi connectivity index (χ2v) is 5.28. The van der Waals surface area contributed by atoms with Gasteiger partial charge in [-0.05, 0) is 40.0 Å². The fraction of sp³-hybridized carbons (Fsp3) is 1.00. The molecular formula is C12H25NO3. The quantitative estimate of drug-likeness (QED) is 0.742. The average Bonchev–Trinajstić information content (AvgIpc) is 2.16. The van der Waals surface area contributed by atoms with Crippen molar-refractivity contribution in [2.75, 3.05) is 13.2 Å². The molecule has 0 bridgehead atoms. The number of hydrogen-bond donors (Lipinski definition) is 2. The molecule has 0 saturated carbocycles. The second kappa shape index (κ2) is 5.96. The van der Waals surface area contributed by atoms with Crippen LogP contribution in [-0.4, -0.2) is 42.2 Å². The van der Waals surface area contributed by atoms with Crippen LogP contribution in [-0.2, 0) is 9.47 Å². The highest BCUT2D eigenvalue weighted by molar-refractivity contribution is 4.78. The van der Waals surface area contributed by atoms with E-state index in [1.54, 1.807) is 0 Å². The van der Waals surface area contributed by atoms with E-state index in [4.69, 9.17) is 20.3 Å². The van der Waals surface area contributed by atoms with Gasteiger partial charge in [0.25, 0.3) is 0 Å². The lowest BCUT2D eigenvalue weighted by Gasteiger charge is -2.32. The molecule has 1 fully saturated rings. The molecule has 0 amide bonds. The van der Waals surface area contributed by atoms with E-state index in [0.717, 1.165) is 12.8 Å². The van der Waals surface area contributed by atoms with Gasteiger partial charge in [-0.2, -0.15) is 0 Å². The third-order valence-corrected chi connectivity index (χ3v) is 3.04. The SMILES string of the molecule is CC1CC(OCCC(C)(N)CO)CC(C)O1. The molecule has 0 aromatic carbocycles. The Morgan fingerprint density at radius 1 is 1.38 bits per heavy atom. The van der Waals surface area contributed by atoms with Crippen LogP contribution in [0.4, 0.5) is 0 Å². The molecule has 96 valence electrons. The van der Waals surface area contributed by atoms with E-state index in [1.807, 2.05) is 6.92 Å². The normalized spacial score (nSPS) is 34.7. The first-order chi connectivity index (χ1) is 7.43. The molecule has 0 radical (unpaired) electrons. The Hall–Kier alpha value is -0.160. The fourth-order valence-electron chi connectivity index (χ4n) is 2.02. The van der Waals surface area contributed by atoms with E-state index in [9.17, 15) is 0 Å². The predicted molar refractivity (Wildman–Crippen MR) is 63.3 cm³/mol. The lowest BCUT2D eigenvalue weighted by molar-refractivity contribution is -0.104. The maximum Gasteiger partial charge on any atom is 0.0624 e. The van der Waals surface area contributed by atoms with E-state index in [2.05, 4.69) is 13.8 Å². The molecule has 3 atom stereocenters. The Morgan fingerprint density at radius 3 is 2.44 bits per heavy atom. The average molecular weight is 231 g/mol. The third kappa shape index (κ3) is 4.78. The minimum Gasteiger partial charge on any atom is -0.394 e. The van der Waals surface area contributed by atoms with Gasteiger partial charge < -0.3 is 20.3 Å². The fourth-order valence-corrected chi connectivity index (χ4v) is 2.02. The first-order valence-electron chi connectivity index (χ1n) is 6.10. The monoisotopic (exact) mass is 231 g/mol. The van der Waals surface area contributed by atoms with Gasteiger partial charge in [0, 0.05) is 12.1 Å². The number of rotatable bonds is 5. The molecule has 0 aromatic rings. The molecule has 0 aromatic heterocycles. The Morgan fingerprint density at radius 2 is 1.94 bits per heavy atom. The topological polar surface area (TPSA) is 64.7 Å². The number of hydrogen-bond acceptors (Lipinski definition) is 4. The van der Waals surface area contributed by atoms with Crippen molar-refractivity contribution in [1.29, 1.82) is 0 Å². The molecule has 4 heteroatoms. The summed E-state index contributed by atoms with van der Waals surface area (Å²) in [4.78, 5) is 0. The Bertz CT molecular complexity index is 198. The van der Waals surface area contributed by atoms with Crippen LogP contribution < -0.4 is 5.73 Å². The smallest absolute Gasteiger partial charge is 0.0624 e. The highest BCUT2D eigenvalue weighted by Gasteiger charge is 2.25. The maximum atomic E-state index is 9.01. The summed E-state index contributed by atoms with van der Waals surface area (Å²) in [5.41, 5.74) is 5.31. The van der Waals surface area contributed by atoms with E-state index in [0.29, 0.717) is 13.0 Å². The summed E-state index contributed by atoms with van der Waals surface area (Å²) in [6.45, 7) is 6.60. The second-order valence-electron chi connectivity index (χ2n) is 5.28. The molecule has 1 saturated heterocycles. The standard InChI is InChI=1S/C12H25NO3/c1-9-6-11(7-10(2)16-9)15-5-4-12(3,13)8-14/h9-11,14H,4-8,13H2,1-3H3. The third-order valence-electron chi connectivity index (χ3n) is 3.04. The summed E-state index contributed by atoms with van der Waals surface area (Å²) >= 11 is 0. The van der Waals surface area contributed by atoms with Crippen molar-refractivity contribution in [3.05, 3.63) is 0 Å². The van der Waals surface area contributed by atoms with Crippen molar-refractivity contribution < 1.29 is 14.6 Å². The Labute approximate surface area is 98.1 Å². The Kier molecular flexibility index (Phi) is 5.18. The summed E-state index contributed by atoms with van der Waals surface area (Å²) in [7, 11) is 0. The largest absolute Gasteiger partial charge is 0.394 e. The van der Waals surface area contributed by atoms with Gasteiger partial charge in [-0.3, -0.25) is 0 Å². The van der Waals surface area contributed by atoms with E-state index < -0.39 is 5.54 Å².